The molecule has 2 radical (unpaired) electrons. The van der Waals surface area contributed by atoms with E-state index < -0.39 is 0 Å². The van der Waals surface area contributed by atoms with Crippen LogP contribution in [0.1, 0.15) is 78.6 Å². The predicted octanol–water partition coefficient (Wildman–Crippen LogP) is 6.48. The van der Waals surface area contributed by atoms with Gasteiger partial charge in [-0.15, -0.1) is 0 Å². The number of hydrogen-bond donors (Lipinski definition) is 0. The predicted molar refractivity (Wildman–Crippen MR) is 81.1 cm³/mol. The summed E-state index contributed by atoms with van der Waals surface area (Å²) in [4.78, 5) is 0. The molecule has 0 aliphatic carbocycles. The second-order valence-corrected chi connectivity index (χ2v) is 3.47. The molecule has 0 aliphatic rings. The smallest absolute Gasteiger partial charge is 0 e. The van der Waals surface area contributed by atoms with Gasteiger partial charge in [0.1, 0.15) is 0 Å². The molecule has 0 fully saturated rings. The molecule has 2 heteroatoms. The van der Waals surface area contributed by atoms with Crippen molar-refractivity contribution in [3.8, 4) is 0 Å². The van der Waals surface area contributed by atoms with Gasteiger partial charge in [-0.3, -0.25) is 0 Å². The van der Waals surface area contributed by atoms with E-state index in [1.165, 1.54) is 44.9 Å². The molecule has 18 heavy (non-hydrogen) atoms. The van der Waals surface area contributed by atoms with Gasteiger partial charge in [-0.1, -0.05) is 58.8 Å². The zero-order valence-corrected chi connectivity index (χ0v) is 19.3. The van der Waals surface area contributed by atoms with Crippen molar-refractivity contribution in [1.82, 2.24) is 0 Å². The molecule has 0 nitrogen and oxygen atoms in total. The number of rotatable bonds is 7. The third kappa shape index (κ3) is 63.6. The summed E-state index contributed by atoms with van der Waals surface area (Å²) in [5.74, 6) is 0. The quantitative estimate of drug-likeness (QED) is 0.336. The van der Waals surface area contributed by atoms with Crippen LogP contribution in [-0.2, 0) is 65.4 Å². The van der Waals surface area contributed by atoms with E-state index in [1.54, 1.807) is 6.92 Å². The minimum Gasteiger partial charge on any atom is -0.358 e. The van der Waals surface area contributed by atoms with Crippen LogP contribution >= 0.6 is 0 Å². The molecule has 0 atom stereocenters. The van der Waals surface area contributed by atoms with Gasteiger partial charge in [0.25, 0.3) is 0 Å². The normalized spacial score (nSPS) is 7.00. The monoisotopic (exact) mass is 406 g/mol. The van der Waals surface area contributed by atoms with E-state index in [-0.39, 0.29) is 72.8 Å². The molecule has 0 unspecified atom stereocenters. The Kier molecular flexibility index (Phi) is 104. The standard InChI is InChI=1S/C7H15.C6H13.C2H5.CH3.2Y/c1-3-5-7-6-4-2;1-3-5-6-4-2;1-2;;;/h1,3-7H2,2H3;1,3-6H2,2H3;1H2,2H3;1H3;;/q4*-1;;. The van der Waals surface area contributed by atoms with E-state index in [4.69, 9.17) is 0 Å². The second-order valence-electron chi connectivity index (χ2n) is 3.47. The zero-order valence-electron chi connectivity index (χ0n) is 13.6. The fourth-order valence-electron chi connectivity index (χ4n) is 1.03. The molecule has 0 N–H and O–H groups in total. The van der Waals surface area contributed by atoms with Crippen molar-refractivity contribution in [2.45, 2.75) is 78.6 Å². The average molecular weight is 406 g/mol. The first-order chi connectivity index (χ1) is 7.33. The first-order valence-electron chi connectivity index (χ1n) is 6.62. The summed E-state index contributed by atoms with van der Waals surface area (Å²) in [5.41, 5.74) is 0. The fourth-order valence-corrected chi connectivity index (χ4v) is 1.03. The summed E-state index contributed by atoms with van der Waals surface area (Å²) in [6.45, 7) is 16.9. The van der Waals surface area contributed by atoms with Gasteiger partial charge in [0.2, 0.25) is 0 Å². The van der Waals surface area contributed by atoms with Crippen molar-refractivity contribution in [2.24, 2.45) is 0 Å². The maximum Gasteiger partial charge on any atom is 0 e. The fraction of sp³-hybridized carbons (Fsp3) is 0.750. The minimum absolute atomic E-state index is 0. The van der Waals surface area contributed by atoms with E-state index >= 15 is 0 Å². The Morgan fingerprint density at radius 2 is 0.889 bits per heavy atom. The molecule has 0 aromatic rings. The van der Waals surface area contributed by atoms with Gasteiger partial charge in [-0.2, -0.15) is 19.8 Å². The first kappa shape index (κ1) is 36.9. The SMILES string of the molecule is [CH2-]C.[CH2-]CCCCC.[CH2-]CCCCCC.[CH3-].[Y].[Y]. The minimum atomic E-state index is 0. The van der Waals surface area contributed by atoms with Crippen LogP contribution in [-0.4, -0.2) is 0 Å². The molecule has 0 rings (SSSR count). The van der Waals surface area contributed by atoms with Gasteiger partial charge < -0.3 is 28.2 Å². The Labute approximate surface area is 170 Å². The summed E-state index contributed by atoms with van der Waals surface area (Å²) >= 11 is 0. The van der Waals surface area contributed by atoms with Gasteiger partial charge in [0, 0.05) is 65.4 Å². The Morgan fingerprint density at radius 3 is 1.11 bits per heavy atom. The third-order valence-electron chi connectivity index (χ3n) is 1.96. The van der Waals surface area contributed by atoms with E-state index in [0.717, 1.165) is 12.8 Å². The van der Waals surface area contributed by atoms with Crippen molar-refractivity contribution in [1.29, 1.82) is 0 Å². The summed E-state index contributed by atoms with van der Waals surface area (Å²) in [5, 5.41) is 0. The van der Waals surface area contributed by atoms with Crippen LogP contribution in [0.4, 0.5) is 0 Å². The topological polar surface area (TPSA) is 0 Å². The van der Waals surface area contributed by atoms with Crippen molar-refractivity contribution in [3.63, 3.8) is 0 Å². The maximum atomic E-state index is 3.76. The summed E-state index contributed by atoms with van der Waals surface area (Å²) < 4.78 is 0. The summed E-state index contributed by atoms with van der Waals surface area (Å²) in [6.07, 6.45) is 11.6. The van der Waals surface area contributed by atoms with Crippen LogP contribution in [0.3, 0.4) is 0 Å². The first-order valence-corrected chi connectivity index (χ1v) is 6.62. The van der Waals surface area contributed by atoms with Crippen molar-refractivity contribution in [2.75, 3.05) is 0 Å². The molecule has 0 aliphatic heterocycles. The molecular formula is C16H36Y2-4. The van der Waals surface area contributed by atoms with Gasteiger partial charge in [-0.05, 0) is 0 Å². The number of unbranched alkanes of at least 4 members (excludes halogenated alkanes) is 7. The van der Waals surface area contributed by atoms with Crippen molar-refractivity contribution in [3.05, 3.63) is 28.2 Å². The van der Waals surface area contributed by atoms with E-state index in [1.807, 2.05) is 0 Å². The van der Waals surface area contributed by atoms with Gasteiger partial charge in [-0.25, -0.2) is 0 Å². The summed E-state index contributed by atoms with van der Waals surface area (Å²) in [7, 11) is 0. The van der Waals surface area contributed by atoms with Gasteiger partial charge in [0.15, 0.2) is 0 Å². The molecule has 0 heterocycles. The second kappa shape index (κ2) is 50.7. The van der Waals surface area contributed by atoms with Gasteiger partial charge in [0.05, 0.1) is 0 Å². The third-order valence-corrected chi connectivity index (χ3v) is 1.96. The molecule has 0 saturated carbocycles. The van der Waals surface area contributed by atoms with Crippen LogP contribution in [0.15, 0.2) is 0 Å². The molecule has 0 bridgehead atoms. The Balaban J connectivity index is -0.0000000307. The van der Waals surface area contributed by atoms with Crippen LogP contribution in [0, 0.1) is 28.2 Å². The van der Waals surface area contributed by atoms with E-state index in [2.05, 4.69) is 34.6 Å². The molecule has 0 aromatic heterocycles. The van der Waals surface area contributed by atoms with Crippen LogP contribution < -0.4 is 0 Å². The molecule has 0 aromatic carbocycles. The molecular weight excluding hydrogens is 370 g/mol. The molecule has 110 valence electrons. The number of hydrogen-bond acceptors (Lipinski definition) is 0. The molecule has 0 saturated heterocycles. The van der Waals surface area contributed by atoms with E-state index in [9.17, 15) is 0 Å². The van der Waals surface area contributed by atoms with Crippen LogP contribution in [0.5, 0.6) is 0 Å². The zero-order chi connectivity index (χ0) is 12.4. The van der Waals surface area contributed by atoms with Crippen molar-refractivity contribution >= 4 is 0 Å². The van der Waals surface area contributed by atoms with Crippen LogP contribution in [0.25, 0.3) is 0 Å². The Morgan fingerprint density at radius 1 is 0.611 bits per heavy atom. The van der Waals surface area contributed by atoms with E-state index in [0.29, 0.717) is 0 Å². The van der Waals surface area contributed by atoms with Crippen LogP contribution in [0.2, 0.25) is 0 Å². The average Bonchev–Trinajstić information content (AvgIpc) is 2.31. The van der Waals surface area contributed by atoms with Gasteiger partial charge >= 0.3 is 0 Å². The Bertz CT molecular complexity index is 58.1. The Hall–Kier alpha value is 2.21. The maximum absolute atomic E-state index is 3.76. The molecule has 0 amide bonds. The summed E-state index contributed by atoms with van der Waals surface area (Å²) in [6, 6.07) is 0. The molecule has 0 spiro atoms. The van der Waals surface area contributed by atoms with Crippen molar-refractivity contribution < 1.29 is 65.4 Å². The largest absolute Gasteiger partial charge is 0.358 e.